The van der Waals surface area contributed by atoms with Crippen molar-refractivity contribution in [2.75, 3.05) is 13.1 Å². The van der Waals surface area contributed by atoms with Gasteiger partial charge in [0.2, 0.25) is 0 Å². The van der Waals surface area contributed by atoms with Gasteiger partial charge in [0.15, 0.2) is 0 Å². The molecule has 0 saturated carbocycles. The first-order valence-corrected chi connectivity index (χ1v) is 8.37. The largest absolute Gasteiger partial charge is 0.481 e. The third-order valence-electron chi connectivity index (χ3n) is 4.87. The molecule has 1 aromatic carbocycles. The summed E-state index contributed by atoms with van der Waals surface area (Å²) < 4.78 is 14.0. The highest BCUT2D eigenvalue weighted by molar-refractivity contribution is 9.10. The van der Waals surface area contributed by atoms with Crippen LogP contribution in [0.15, 0.2) is 16.6 Å². The zero-order valence-corrected chi connectivity index (χ0v) is 14.3. The second-order valence-corrected chi connectivity index (χ2v) is 7.30. The summed E-state index contributed by atoms with van der Waals surface area (Å²) in [7, 11) is 0. The molecule has 2 unspecified atom stereocenters. The molecule has 2 atom stereocenters. The van der Waals surface area contributed by atoms with Gasteiger partial charge < -0.3 is 15.3 Å². The lowest BCUT2D eigenvalue weighted by atomic mass is 9.90. The van der Waals surface area contributed by atoms with Crippen LogP contribution in [0.3, 0.4) is 0 Å². The van der Waals surface area contributed by atoms with Crippen molar-refractivity contribution in [2.45, 2.75) is 32.2 Å². The van der Waals surface area contributed by atoms with Crippen molar-refractivity contribution in [3.8, 4) is 0 Å². The Kier molecular flexibility index (Phi) is 4.08. The Morgan fingerprint density at radius 1 is 1.48 bits per heavy atom. The first-order valence-electron chi connectivity index (χ1n) is 7.57. The van der Waals surface area contributed by atoms with E-state index in [2.05, 4.69) is 21.2 Å². The third kappa shape index (κ3) is 2.82. The number of carboxylic acids is 1. The molecular formula is C16H18BrFN2O3. The second-order valence-electron chi connectivity index (χ2n) is 6.51. The van der Waals surface area contributed by atoms with E-state index in [0.717, 1.165) is 11.1 Å². The van der Waals surface area contributed by atoms with Crippen LogP contribution in [0.5, 0.6) is 0 Å². The zero-order chi connectivity index (χ0) is 16.8. The van der Waals surface area contributed by atoms with Gasteiger partial charge in [0.1, 0.15) is 5.82 Å². The minimum absolute atomic E-state index is 0.161. The van der Waals surface area contributed by atoms with E-state index < -0.39 is 11.4 Å². The van der Waals surface area contributed by atoms with E-state index in [9.17, 15) is 19.1 Å². The van der Waals surface area contributed by atoms with Gasteiger partial charge in [-0.3, -0.25) is 4.79 Å². The first kappa shape index (κ1) is 16.2. The molecule has 1 heterocycles. The van der Waals surface area contributed by atoms with Gasteiger partial charge in [0.05, 0.1) is 15.9 Å². The molecule has 7 heteroatoms. The van der Waals surface area contributed by atoms with Gasteiger partial charge in [-0.1, -0.05) is 6.07 Å². The Morgan fingerprint density at radius 2 is 2.22 bits per heavy atom. The average molecular weight is 385 g/mol. The van der Waals surface area contributed by atoms with Crippen LogP contribution >= 0.6 is 15.9 Å². The second kappa shape index (κ2) is 5.78. The number of carboxylic acid groups (broad SMARTS) is 1. The van der Waals surface area contributed by atoms with Crippen LogP contribution in [0.25, 0.3) is 0 Å². The summed E-state index contributed by atoms with van der Waals surface area (Å²) in [4.78, 5) is 25.2. The average Bonchev–Trinajstić information content (AvgIpc) is 3.09. The van der Waals surface area contributed by atoms with Crippen molar-refractivity contribution >= 4 is 27.9 Å². The number of fused-ring (bicyclic) bond motifs is 1. The van der Waals surface area contributed by atoms with Crippen molar-refractivity contribution in [1.29, 1.82) is 0 Å². The fourth-order valence-corrected chi connectivity index (χ4v) is 3.89. The van der Waals surface area contributed by atoms with E-state index in [1.54, 1.807) is 17.9 Å². The molecule has 1 saturated heterocycles. The van der Waals surface area contributed by atoms with Gasteiger partial charge in [-0.2, -0.15) is 0 Å². The van der Waals surface area contributed by atoms with Gasteiger partial charge in [-0.15, -0.1) is 0 Å². The SMILES string of the molecule is CC1(C(=O)O)CCN(C(=O)NC2CCc3c2ccc(F)c3Br)C1. The smallest absolute Gasteiger partial charge is 0.317 e. The summed E-state index contributed by atoms with van der Waals surface area (Å²) >= 11 is 3.26. The monoisotopic (exact) mass is 384 g/mol. The van der Waals surface area contributed by atoms with E-state index in [4.69, 9.17) is 0 Å². The molecule has 0 bridgehead atoms. The number of benzene rings is 1. The molecule has 5 nitrogen and oxygen atoms in total. The molecule has 1 aliphatic heterocycles. The molecule has 3 rings (SSSR count). The summed E-state index contributed by atoms with van der Waals surface area (Å²) in [6, 6.07) is 2.68. The zero-order valence-electron chi connectivity index (χ0n) is 12.7. The Hall–Kier alpha value is -1.63. The topological polar surface area (TPSA) is 69.6 Å². The van der Waals surface area contributed by atoms with Crippen LogP contribution in [0, 0.1) is 11.2 Å². The number of urea groups is 1. The van der Waals surface area contributed by atoms with Crippen molar-refractivity contribution < 1.29 is 19.1 Å². The van der Waals surface area contributed by atoms with Crippen molar-refractivity contribution in [1.82, 2.24) is 10.2 Å². The van der Waals surface area contributed by atoms with Crippen LogP contribution in [0.2, 0.25) is 0 Å². The maximum atomic E-state index is 13.6. The summed E-state index contributed by atoms with van der Waals surface area (Å²) in [6.45, 7) is 2.30. The normalized spacial score (nSPS) is 26.2. The lowest BCUT2D eigenvalue weighted by Crippen LogP contribution is -2.42. The predicted octanol–water partition coefficient (Wildman–Crippen LogP) is 3.08. The standard InChI is InChI=1S/C16H18BrFN2O3/c1-16(14(21)22)6-7-20(8-16)15(23)19-12-5-3-10-9(12)2-4-11(18)13(10)17/h2,4,12H,3,5-8H2,1H3,(H,19,23)(H,21,22). The summed E-state index contributed by atoms with van der Waals surface area (Å²) in [5.41, 5.74) is 0.941. The number of likely N-dealkylation sites (tertiary alicyclic amines) is 1. The molecule has 0 radical (unpaired) electrons. The van der Waals surface area contributed by atoms with Crippen molar-refractivity contribution in [3.05, 3.63) is 33.5 Å². The Bertz CT molecular complexity index is 682. The van der Waals surface area contributed by atoms with Gasteiger partial charge >= 0.3 is 12.0 Å². The lowest BCUT2D eigenvalue weighted by Gasteiger charge is -2.23. The Balaban J connectivity index is 1.70. The van der Waals surface area contributed by atoms with E-state index in [1.165, 1.54) is 6.07 Å². The number of halogens is 2. The maximum Gasteiger partial charge on any atom is 0.317 e. The van der Waals surface area contributed by atoms with Gasteiger partial charge in [-0.05, 0) is 59.3 Å². The minimum atomic E-state index is -0.878. The van der Waals surface area contributed by atoms with Gasteiger partial charge in [0.25, 0.3) is 0 Å². The summed E-state index contributed by atoms with van der Waals surface area (Å²) in [5.74, 6) is -1.18. The molecule has 2 N–H and O–H groups in total. The molecular weight excluding hydrogens is 367 g/mol. The molecule has 1 fully saturated rings. The van der Waals surface area contributed by atoms with E-state index in [1.807, 2.05) is 0 Å². The Morgan fingerprint density at radius 3 is 2.87 bits per heavy atom. The Labute approximate surface area is 142 Å². The molecule has 0 aromatic heterocycles. The first-order chi connectivity index (χ1) is 10.8. The number of hydrogen-bond donors (Lipinski definition) is 2. The van der Waals surface area contributed by atoms with E-state index in [0.29, 0.717) is 30.3 Å². The fraction of sp³-hybridized carbons (Fsp3) is 0.500. The molecule has 1 aliphatic carbocycles. The van der Waals surface area contributed by atoms with E-state index in [-0.39, 0.29) is 24.4 Å². The fourth-order valence-electron chi connectivity index (χ4n) is 3.33. The van der Waals surface area contributed by atoms with Crippen LogP contribution in [0.4, 0.5) is 9.18 Å². The predicted molar refractivity (Wildman–Crippen MR) is 85.6 cm³/mol. The van der Waals surface area contributed by atoms with Crippen LogP contribution < -0.4 is 5.32 Å². The minimum Gasteiger partial charge on any atom is -0.481 e. The molecule has 2 aliphatic rings. The number of nitrogens with zero attached hydrogens (tertiary/aromatic N) is 1. The molecule has 0 spiro atoms. The van der Waals surface area contributed by atoms with Crippen LogP contribution in [-0.4, -0.2) is 35.1 Å². The number of hydrogen-bond acceptors (Lipinski definition) is 2. The van der Waals surface area contributed by atoms with Gasteiger partial charge in [-0.25, -0.2) is 9.18 Å². The van der Waals surface area contributed by atoms with Crippen molar-refractivity contribution in [2.24, 2.45) is 5.41 Å². The van der Waals surface area contributed by atoms with Gasteiger partial charge in [0, 0.05) is 13.1 Å². The molecule has 23 heavy (non-hydrogen) atoms. The number of amides is 2. The number of carbonyl (C=O) groups excluding carboxylic acids is 1. The molecule has 2 amide bonds. The quantitative estimate of drug-likeness (QED) is 0.822. The summed E-state index contributed by atoms with van der Waals surface area (Å²) in [5, 5.41) is 12.2. The van der Waals surface area contributed by atoms with Crippen molar-refractivity contribution in [3.63, 3.8) is 0 Å². The lowest BCUT2D eigenvalue weighted by molar-refractivity contribution is -0.147. The van der Waals surface area contributed by atoms with Crippen LogP contribution in [-0.2, 0) is 11.2 Å². The molecule has 124 valence electrons. The summed E-state index contributed by atoms with van der Waals surface area (Å²) in [6.07, 6.45) is 1.87. The number of rotatable bonds is 2. The maximum absolute atomic E-state index is 13.6. The number of nitrogens with one attached hydrogen (secondary N) is 1. The number of carbonyl (C=O) groups is 2. The highest BCUT2D eigenvalue weighted by Crippen LogP contribution is 2.37. The van der Waals surface area contributed by atoms with Crippen LogP contribution in [0.1, 0.15) is 36.9 Å². The highest BCUT2D eigenvalue weighted by atomic mass is 79.9. The number of aliphatic carboxylic acids is 1. The molecule has 1 aromatic rings. The third-order valence-corrected chi connectivity index (χ3v) is 5.72. The van der Waals surface area contributed by atoms with E-state index >= 15 is 0 Å². The highest BCUT2D eigenvalue weighted by Gasteiger charge is 2.42.